The summed E-state index contributed by atoms with van der Waals surface area (Å²) in [7, 11) is 0. The van der Waals surface area contributed by atoms with E-state index in [0.29, 0.717) is 5.56 Å². The molecule has 1 saturated carbocycles. The van der Waals surface area contributed by atoms with E-state index < -0.39 is 0 Å². The molecule has 1 heterocycles. The van der Waals surface area contributed by atoms with E-state index >= 15 is 0 Å². The van der Waals surface area contributed by atoms with Crippen LogP contribution in [-0.4, -0.2) is 24.0 Å². The van der Waals surface area contributed by atoms with Gasteiger partial charge in [-0.05, 0) is 43.7 Å². The Morgan fingerprint density at radius 3 is 2.71 bits per heavy atom. The maximum atomic E-state index is 12.4. The standard InChI is InChI=1S/C17H27N3O/c1-4-9-18-15-11-14(10-13(2)20-15)16(21)19-12-17(3)7-5-6-8-17/h10-11H,4-9,12H2,1-3H3,(H,18,20)(H,19,21). The van der Waals surface area contributed by atoms with Crippen LogP contribution in [0.25, 0.3) is 0 Å². The van der Waals surface area contributed by atoms with Crippen molar-refractivity contribution >= 4 is 11.7 Å². The SMILES string of the molecule is CCCNc1cc(C(=O)NCC2(C)CCCC2)cc(C)n1. The number of aryl methyl sites for hydroxylation is 1. The molecule has 1 fully saturated rings. The van der Waals surface area contributed by atoms with Crippen molar-refractivity contribution in [2.24, 2.45) is 5.41 Å². The van der Waals surface area contributed by atoms with Crippen LogP contribution < -0.4 is 10.6 Å². The van der Waals surface area contributed by atoms with Crippen molar-refractivity contribution in [2.45, 2.75) is 52.9 Å². The normalized spacial score (nSPS) is 16.7. The lowest BCUT2D eigenvalue weighted by molar-refractivity contribution is 0.0934. The molecule has 0 bridgehead atoms. The molecular weight excluding hydrogens is 262 g/mol. The third-order valence-corrected chi connectivity index (χ3v) is 4.26. The minimum absolute atomic E-state index is 0.00757. The van der Waals surface area contributed by atoms with Crippen molar-refractivity contribution in [3.63, 3.8) is 0 Å². The van der Waals surface area contributed by atoms with E-state index in [1.165, 1.54) is 25.7 Å². The van der Waals surface area contributed by atoms with Gasteiger partial charge < -0.3 is 10.6 Å². The van der Waals surface area contributed by atoms with Crippen molar-refractivity contribution in [1.29, 1.82) is 0 Å². The Morgan fingerprint density at radius 1 is 1.33 bits per heavy atom. The fourth-order valence-corrected chi connectivity index (χ4v) is 2.94. The van der Waals surface area contributed by atoms with Crippen LogP contribution in [0.1, 0.15) is 62.0 Å². The molecule has 1 amide bonds. The highest BCUT2D eigenvalue weighted by Gasteiger charge is 2.29. The zero-order valence-electron chi connectivity index (χ0n) is 13.5. The Hall–Kier alpha value is -1.58. The fourth-order valence-electron chi connectivity index (χ4n) is 2.94. The van der Waals surface area contributed by atoms with Crippen molar-refractivity contribution in [3.8, 4) is 0 Å². The molecule has 2 N–H and O–H groups in total. The number of amides is 1. The first-order chi connectivity index (χ1) is 10.0. The number of carbonyl (C=O) groups is 1. The number of carbonyl (C=O) groups excluding carboxylic acids is 1. The summed E-state index contributed by atoms with van der Waals surface area (Å²) in [6.45, 7) is 7.94. The highest BCUT2D eigenvalue weighted by molar-refractivity contribution is 5.95. The van der Waals surface area contributed by atoms with E-state index in [1.807, 2.05) is 19.1 Å². The van der Waals surface area contributed by atoms with Gasteiger partial charge in [0.2, 0.25) is 0 Å². The van der Waals surface area contributed by atoms with Crippen LogP contribution >= 0.6 is 0 Å². The maximum Gasteiger partial charge on any atom is 0.251 e. The van der Waals surface area contributed by atoms with Gasteiger partial charge in [0.15, 0.2) is 0 Å². The highest BCUT2D eigenvalue weighted by atomic mass is 16.1. The Morgan fingerprint density at radius 2 is 2.05 bits per heavy atom. The molecule has 4 nitrogen and oxygen atoms in total. The summed E-state index contributed by atoms with van der Waals surface area (Å²) in [6.07, 6.45) is 6.03. The third kappa shape index (κ3) is 4.45. The van der Waals surface area contributed by atoms with E-state index in [4.69, 9.17) is 0 Å². The number of anilines is 1. The first-order valence-corrected chi connectivity index (χ1v) is 8.03. The third-order valence-electron chi connectivity index (χ3n) is 4.26. The molecule has 1 aromatic heterocycles. The predicted octanol–water partition coefficient (Wildman–Crippen LogP) is 3.52. The average Bonchev–Trinajstić information content (AvgIpc) is 2.89. The van der Waals surface area contributed by atoms with E-state index in [0.717, 1.165) is 31.0 Å². The number of hydrogen-bond acceptors (Lipinski definition) is 3. The van der Waals surface area contributed by atoms with Crippen LogP contribution in [0.3, 0.4) is 0 Å². The van der Waals surface area contributed by atoms with Crippen molar-refractivity contribution in [3.05, 3.63) is 23.4 Å². The molecule has 1 aliphatic carbocycles. The summed E-state index contributed by atoms with van der Waals surface area (Å²) in [4.78, 5) is 16.8. The van der Waals surface area contributed by atoms with Crippen molar-refractivity contribution in [1.82, 2.24) is 10.3 Å². The smallest absolute Gasteiger partial charge is 0.251 e. The number of nitrogens with zero attached hydrogens (tertiary/aromatic N) is 1. The second-order valence-electron chi connectivity index (χ2n) is 6.51. The number of rotatable bonds is 6. The molecule has 0 unspecified atom stereocenters. The molecule has 1 aromatic rings. The van der Waals surface area contributed by atoms with Gasteiger partial charge in [-0.3, -0.25) is 4.79 Å². The van der Waals surface area contributed by atoms with Crippen molar-refractivity contribution < 1.29 is 4.79 Å². The Kier molecular flexibility index (Phi) is 5.21. The fraction of sp³-hybridized carbons (Fsp3) is 0.647. The minimum atomic E-state index is 0.00757. The van der Waals surface area contributed by atoms with E-state index in [-0.39, 0.29) is 11.3 Å². The highest BCUT2D eigenvalue weighted by Crippen LogP contribution is 2.36. The molecule has 0 aromatic carbocycles. The summed E-state index contributed by atoms with van der Waals surface area (Å²) in [5.74, 6) is 0.794. The Bertz CT molecular complexity index is 493. The number of pyridine rings is 1. The zero-order valence-corrected chi connectivity index (χ0v) is 13.5. The van der Waals surface area contributed by atoms with Gasteiger partial charge in [0, 0.05) is 24.3 Å². The lowest BCUT2D eigenvalue weighted by Crippen LogP contribution is -2.34. The topological polar surface area (TPSA) is 54.0 Å². The zero-order chi connectivity index (χ0) is 15.3. The molecule has 0 radical (unpaired) electrons. The molecule has 1 aliphatic rings. The van der Waals surface area contributed by atoms with Crippen LogP contribution in [-0.2, 0) is 0 Å². The Balaban J connectivity index is 1.99. The monoisotopic (exact) mass is 289 g/mol. The predicted molar refractivity (Wildman–Crippen MR) is 86.7 cm³/mol. The first kappa shape index (κ1) is 15.8. The number of aromatic nitrogens is 1. The summed E-state index contributed by atoms with van der Waals surface area (Å²) in [6, 6.07) is 3.69. The van der Waals surface area contributed by atoms with Crippen LogP contribution in [0.4, 0.5) is 5.82 Å². The first-order valence-electron chi connectivity index (χ1n) is 8.03. The molecular formula is C17H27N3O. The van der Waals surface area contributed by atoms with Gasteiger partial charge in [-0.2, -0.15) is 0 Å². The summed E-state index contributed by atoms with van der Waals surface area (Å²) in [5, 5.41) is 6.34. The minimum Gasteiger partial charge on any atom is -0.370 e. The molecule has 0 saturated heterocycles. The molecule has 21 heavy (non-hydrogen) atoms. The molecule has 4 heteroatoms. The molecule has 2 rings (SSSR count). The molecule has 0 aliphatic heterocycles. The average molecular weight is 289 g/mol. The quantitative estimate of drug-likeness (QED) is 0.842. The van der Waals surface area contributed by atoms with E-state index in [9.17, 15) is 4.79 Å². The van der Waals surface area contributed by atoms with Gasteiger partial charge in [0.1, 0.15) is 5.82 Å². The second kappa shape index (κ2) is 6.92. The second-order valence-corrected chi connectivity index (χ2v) is 6.51. The van der Waals surface area contributed by atoms with Gasteiger partial charge in [-0.1, -0.05) is 26.7 Å². The summed E-state index contributed by atoms with van der Waals surface area (Å²) >= 11 is 0. The number of hydrogen-bond donors (Lipinski definition) is 2. The van der Waals surface area contributed by atoms with E-state index in [2.05, 4.69) is 29.5 Å². The molecule has 116 valence electrons. The van der Waals surface area contributed by atoms with Crippen molar-refractivity contribution in [2.75, 3.05) is 18.4 Å². The Labute approximate surface area is 127 Å². The van der Waals surface area contributed by atoms with Gasteiger partial charge in [0.25, 0.3) is 5.91 Å². The van der Waals surface area contributed by atoms with E-state index in [1.54, 1.807) is 0 Å². The van der Waals surface area contributed by atoms with Crippen LogP contribution in [0.2, 0.25) is 0 Å². The number of nitrogens with one attached hydrogen (secondary N) is 2. The van der Waals surface area contributed by atoms with Gasteiger partial charge in [-0.15, -0.1) is 0 Å². The van der Waals surface area contributed by atoms with Gasteiger partial charge in [-0.25, -0.2) is 4.98 Å². The lowest BCUT2D eigenvalue weighted by atomic mass is 9.89. The summed E-state index contributed by atoms with van der Waals surface area (Å²) in [5.41, 5.74) is 1.84. The maximum absolute atomic E-state index is 12.4. The van der Waals surface area contributed by atoms with Gasteiger partial charge in [0.05, 0.1) is 0 Å². The molecule has 0 atom stereocenters. The molecule has 0 spiro atoms. The van der Waals surface area contributed by atoms with Crippen LogP contribution in [0, 0.1) is 12.3 Å². The van der Waals surface area contributed by atoms with Crippen LogP contribution in [0.15, 0.2) is 12.1 Å². The largest absolute Gasteiger partial charge is 0.370 e. The summed E-state index contributed by atoms with van der Waals surface area (Å²) < 4.78 is 0. The lowest BCUT2D eigenvalue weighted by Gasteiger charge is -2.23. The van der Waals surface area contributed by atoms with Crippen LogP contribution in [0.5, 0.6) is 0 Å². The van der Waals surface area contributed by atoms with Gasteiger partial charge >= 0.3 is 0 Å².